The Morgan fingerprint density at radius 3 is 2.88 bits per heavy atom. The summed E-state index contributed by atoms with van der Waals surface area (Å²) >= 11 is 0. The maximum Gasteiger partial charge on any atom is 0.125 e. The molecule has 2 fully saturated rings. The smallest absolute Gasteiger partial charge is 0.125 e. The van der Waals surface area contributed by atoms with Crippen molar-refractivity contribution in [2.45, 2.75) is 44.8 Å². The number of methoxy groups -OCH3 is 1. The molecule has 3 heterocycles. The van der Waals surface area contributed by atoms with Gasteiger partial charge in [-0.1, -0.05) is 0 Å². The molecule has 180 valence electrons. The lowest BCUT2D eigenvalue weighted by atomic mass is 10.0. The Hall–Kier alpha value is -1.93. The number of aryl methyl sites for hydroxylation is 1. The van der Waals surface area contributed by atoms with E-state index in [9.17, 15) is 0 Å². The molecule has 2 aromatic rings. The Labute approximate surface area is 197 Å². The fourth-order valence-electron chi connectivity index (χ4n) is 5.44. The summed E-state index contributed by atoms with van der Waals surface area (Å²) in [6, 6.07) is 4.58. The number of anilines is 1. The van der Waals surface area contributed by atoms with Crippen molar-refractivity contribution in [3.05, 3.63) is 29.0 Å². The first-order chi connectivity index (χ1) is 16.2. The maximum atomic E-state index is 6.06. The maximum absolute atomic E-state index is 6.06. The molecule has 33 heavy (non-hydrogen) atoms. The number of fused-ring (bicyclic) bond motifs is 2. The predicted octanol–water partition coefficient (Wildman–Crippen LogP) is 3.09. The number of benzene rings is 1. The average Bonchev–Trinajstić information content (AvgIpc) is 3.46. The van der Waals surface area contributed by atoms with Crippen LogP contribution >= 0.6 is 0 Å². The van der Waals surface area contributed by atoms with Gasteiger partial charge in [0, 0.05) is 42.0 Å². The van der Waals surface area contributed by atoms with Gasteiger partial charge in [0.15, 0.2) is 0 Å². The zero-order chi connectivity index (χ0) is 22.6. The van der Waals surface area contributed by atoms with Crippen LogP contribution in [0, 0.1) is 0 Å². The molecule has 7 heteroatoms. The van der Waals surface area contributed by atoms with E-state index < -0.39 is 0 Å². The number of ether oxygens (including phenoxy) is 3. The van der Waals surface area contributed by atoms with Gasteiger partial charge in [0.25, 0.3) is 0 Å². The summed E-state index contributed by atoms with van der Waals surface area (Å²) < 4.78 is 17.7. The van der Waals surface area contributed by atoms with Crippen molar-refractivity contribution in [2.24, 2.45) is 0 Å². The summed E-state index contributed by atoms with van der Waals surface area (Å²) in [5, 5.41) is 4.99. The predicted molar refractivity (Wildman–Crippen MR) is 131 cm³/mol. The fraction of sp³-hybridized carbons (Fsp3) is 0.654. The van der Waals surface area contributed by atoms with Gasteiger partial charge in [0.2, 0.25) is 0 Å². The molecule has 0 saturated carbocycles. The molecule has 1 aromatic carbocycles. The van der Waals surface area contributed by atoms with Gasteiger partial charge in [0.1, 0.15) is 5.75 Å². The van der Waals surface area contributed by atoms with Crippen molar-refractivity contribution in [1.82, 2.24) is 14.8 Å². The van der Waals surface area contributed by atoms with E-state index in [0.29, 0.717) is 6.61 Å². The highest BCUT2D eigenvalue weighted by molar-refractivity contribution is 5.95. The van der Waals surface area contributed by atoms with Gasteiger partial charge in [-0.25, -0.2) is 0 Å². The van der Waals surface area contributed by atoms with Crippen LogP contribution in [0.5, 0.6) is 5.75 Å². The second-order valence-corrected chi connectivity index (χ2v) is 9.73. The van der Waals surface area contributed by atoms with E-state index in [4.69, 9.17) is 19.2 Å². The van der Waals surface area contributed by atoms with E-state index in [1.165, 1.54) is 42.9 Å². The summed E-state index contributed by atoms with van der Waals surface area (Å²) in [5.74, 6) is 0.876. The minimum Gasteiger partial charge on any atom is -0.496 e. The van der Waals surface area contributed by atoms with Gasteiger partial charge in [0.05, 0.1) is 45.1 Å². The van der Waals surface area contributed by atoms with Crippen molar-refractivity contribution in [3.8, 4) is 5.75 Å². The Morgan fingerprint density at radius 2 is 2.03 bits per heavy atom. The van der Waals surface area contributed by atoms with Crippen molar-refractivity contribution >= 4 is 16.6 Å². The van der Waals surface area contributed by atoms with Crippen LogP contribution in [-0.4, -0.2) is 87.5 Å². The molecule has 0 bridgehead atoms. The summed E-state index contributed by atoms with van der Waals surface area (Å²) in [6.07, 6.45) is 5.92. The van der Waals surface area contributed by atoms with Gasteiger partial charge < -0.3 is 29.3 Å². The number of nitrogens with one attached hydrogen (secondary N) is 1. The number of rotatable bonds is 8. The van der Waals surface area contributed by atoms with Crippen LogP contribution in [0.4, 0.5) is 5.69 Å². The third-order valence-electron chi connectivity index (χ3n) is 7.24. The lowest BCUT2D eigenvalue weighted by Crippen LogP contribution is -2.35. The number of pyridine rings is 1. The number of aromatic nitrogens is 1. The molecule has 0 radical (unpaired) electrons. The first-order valence-electron chi connectivity index (χ1n) is 12.6. The monoisotopic (exact) mass is 454 g/mol. The molecule has 5 rings (SSSR count). The molecule has 1 atom stereocenters. The molecule has 1 aromatic heterocycles. The van der Waals surface area contributed by atoms with Crippen LogP contribution in [0.15, 0.2) is 12.1 Å². The second kappa shape index (κ2) is 10.6. The van der Waals surface area contributed by atoms with Gasteiger partial charge >= 0.3 is 0 Å². The molecule has 0 unspecified atom stereocenters. The fourth-order valence-corrected chi connectivity index (χ4v) is 5.44. The van der Waals surface area contributed by atoms with E-state index in [1.54, 1.807) is 7.11 Å². The minimum atomic E-state index is 0.257. The SMILES string of the molecule is COc1cc2c(N[C@H]3COCCN(C)C3)c3c(nc2cc1COCCN1CCCC1)CCC3. The molecule has 7 nitrogen and oxygen atoms in total. The Bertz CT molecular complexity index is 960. The van der Waals surface area contributed by atoms with Gasteiger partial charge in [-0.15, -0.1) is 0 Å². The first-order valence-corrected chi connectivity index (χ1v) is 12.6. The Kier molecular flexibility index (Phi) is 7.30. The standard InChI is InChI=1S/C26H38N4O3/c1-29-10-12-33-18-20(16-29)27-26-21-6-5-7-23(21)28-24-14-19(25(31-2)15-22(24)26)17-32-13-11-30-8-3-4-9-30/h14-15,20H,3-13,16-18H2,1-2H3,(H,27,28)/t20-/m1/s1. The van der Waals surface area contributed by atoms with Gasteiger partial charge in [-0.3, -0.25) is 4.98 Å². The zero-order valence-corrected chi connectivity index (χ0v) is 20.2. The largest absolute Gasteiger partial charge is 0.496 e. The zero-order valence-electron chi connectivity index (χ0n) is 20.2. The van der Waals surface area contributed by atoms with Crippen LogP contribution in [0.3, 0.4) is 0 Å². The van der Waals surface area contributed by atoms with Crippen molar-refractivity contribution in [1.29, 1.82) is 0 Å². The Balaban J connectivity index is 1.39. The topological polar surface area (TPSA) is 59.1 Å². The third kappa shape index (κ3) is 5.27. The van der Waals surface area contributed by atoms with Crippen LogP contribution < -0.4 is 10.1 Å². The summed E-state index contributed by atoms with van der Waals surface area (Å²) in [7, 11) is 3.91. The van der Waals surface area contributed by atoms with E-state index in [1.807, 2.05) is 0 Å². The molecular weight excluding hydrogens is 416 g/mol. The molecule has 3 aliphatic rings. The first kappa shape index (κ1) is 22.8. The summed E-state index contributed by atoms with van der Waals surface area (Å²) in [6.45, 7) is 8.18. The van der Waals surface area contributed by atoms with Gasteiger partial charge in [-0.2, -0.15) is 0 Å². The molecule has 0 amide bonds. The number of hydrogen-bond acceptors (Lipinski definition) is 7. The third-order valence-corrected chi connectivity index (χ3v) is 7.24. The van der Waals surface area contributed by atoms with Crippen molar-refractivity contribution in [3.63, 3.8) is 0 Å². The number of likely N-dealkylation sites (N-methyl/N-ethyl adjacent to an activating group) is 1. The molecular formula is C26H38N4O3. The lowest BCUT2D eigenvalue weighted by Gasteiger charge is -2.24. The van der Waals surface area contributed by atoms with Crippen LogP contribution in [-0.2, 0) is 28.9 Å². The van der Waals surface area contributed by atoms with E-state index in [0.717, 1.165) is 80.9 Å². The quantitative estimate of drug-likeness (QED) is 0.615. The van der Waals surface area contributed by atoms with E-state index in [-0.39, 0.29) is 6.04 Å². The summed E-state index contributed by atoms with van der Waals surface area (Å²) in [5.41, 5.74) is 5.92. The van der Waals surface area contributed by atoms with E-state index in [2.05, 4.69) is 34.3 Å². The number of likely N-dealkylation sites (tertiary alicyclic amines) is 1. The van der Waals surface area contributed by atoms with E-state index >= 15 is 0 Å². The van der Waals surface area contributed by atoms with Crippen LogP contribution in [0.2, 0.25) is 0 Å². The summed E-state index contributed by atoms with van der Waals surface area (Å²) in [4.78, 5) is 9.89. The van der Waals surface area contributed by atoms with Crippen LogP contribution in [0.1, 0.15) is 36.1 Å². The molecule has 1 aliphatic carbocycles. The van der Waals surface area contributed by atoms with Gasteiger partial charge in [-0.05, 0) is 69.9 Å². The molecule has 1 N–H and O–H groups in total. The highest BCUT2D eigenvalue weighted by Crippen LogP contribution is 2.37. The Morgan fingerprint density at radius 1 is 1.15 bits per heavy atom. The second-order valence-electron chi connectivity index (χ2n) is 9.73. The van der Waals surface area contributed by atoms with Crippen molar-refractivity contribution in [2.75, 3.05) is 72.0 Å². The average molecular weight is 455 g/mol. The normalized spacial score (nSPS) is 21.9. The molecule has 2 aliphatic heterocycles. The highest BCUT2D eigenvalue weighted by Gasteiger charge is 2.24. The molecule has 0 spiro atoms. The van der Waals surface area contributed by atoms with Crippen LogP contribution in [0.25, 0.3) is 10.9 Å². The number of nitrogens with zero attached hydrogens (tertiary/aromatic N) is 3. The lowest BCUT2D eigenvalue weighted by molar-refractivity contribution is 0.0979. The van der Waals surface area contributed by atoms with Crippen molar-refractivity contribution < 1.29 is 14.2 Å². The number of hydrogen-bond donors (Lipinski definition) is 1. The minimum absolute atomic E-state index is 0.257. The molecule has 2 saturated heterocycles. The highest BCUT2D eigenvalue weighted by atomic mass is 16.5.